The summed E-state index contributed by atoms with van der Waals surface area (Å²) < 4.78 is 5.78. The molecule has 0 aromatic heterocycles. The Kier molecular flexibility index (Phi) is 7.20. The highest BCUT2D eigenvalue weighted by Crippen LogP contribution is 2.44. The highest BCUT2D eigenvalue weighted by Gasteiger charge is 2.47. The summed E-state index contributed by atoms with van der Waals surface area (Å²) >= 11 is 6.18. The second-order valence-electron chi connectivity index (χ2n) is 10.7. The first-order valence-electron chi connectivity index (χ1n) is 12.3. The number of anilines is 1. The first-order chi connectivity index (χ1) is 17.4. The molecule has 6 heteroatoms. The number of aliphatic hydroxyl groups is 1. The number of ether oxygens (including phenoxy) is 1. The van der Waals surface area contributed by atoms with Crippen LogP contribution in [0.5, 0.6) is 5.75 Å². The number of halogens is 1. The SMILES string of the molecule is Cc1cc(Cl)ccc1N1C(=O)C(=O)/C(=C(/O)c2cccc(OC(C)C)c2)C1c1ccc(C(C)(C)C)cc1. The van der Waals surface area contributed by atoms with E-state index in [1.54, 1.807) is 42.5 Å². The van der Waals surface area contributed by atoms with Crippen LogP contribution in [0.3, 0.4) is 0 Å². The molecule has 1 aliphatic rings. The van der Waals surface area contributed by atoms with E-state index < -0.39 is 17.7 Å². The van der Waals surface area contributed by atoms with Gasteiger partial charge in [-0.25, -0.2) is 0 Å². The molecule has 1 fully saturated rings. The number of benzene rings is 3. The van der Waals surface area contributed by atoms with Gasteiger partial charge in [-0.1, -0.05) is 68.8 Å². The monoisotopic (exact) mass is 517 g/mol. The van der Waals surface area contributed by atoms with Gasteiger partial charge in [-0.2, -0.15) is 0 Å². The molecule has 1 N–H and O–H groups in total. The highest BCUT2D eigenvalue weighted by molar-refractivity contribution is 6.51. The molecule has 0 spiro atoms. The largest absolute Gasteiger partial charge is 0.507 e. The molecule has 37 heavy (non-hydrogen) atoms. The van der Waals surface area contributed by atoms with E-state index in [-0.39, 0.29) is 22.9 Å². The number of ketones is 1. The molecule has 1 heterocycles. The number of Topliss-reactive ketones (excluding diaryl/α,β-unsaturated/α-hetero) is 1. The third-order valence-electron chi connectivity index (χ3n) is 6.43. The average molecular weight is 518 g/mol. The van der Waals surface area contributed by atoms with Gasteiger partial charge in [-0.3, -0.25) is 14.5 Å². The number of hydrogen-bond donors (Lipinski definition) is 1. The first kappa shape index (κ1) is 26.5. The van der Waals surface area contributed by atoms with Gasteiger partial charge in [-0.15, -0.1) is 0 Å². The number of hydrogen-bond acceptors (Lipinski definition) is 4. The molecule has 192 valence electrons. The minimum atomic E-state index is -0.816. The summed E-state index contributed by atoms with van der Waals surface area (Å²) in [5, 5.41) is 12.0. The van der Waals surface area contributed by atoms with Crippen molar-refractivity contribution in [3.8, 4) is 5.75 Å². The van der Waals surface area contributed by atoms with Crippen LogP contribution in [0.25, 0.3) is 5.76 Å². The van der Waals surface area contributed by atoms with Gasteiger partial charge in [0.15, 0.2) is 0 Å². The lowest BCUT2D eigenvalue weighted by Gasteiger charge is -2.28. The van der Waals surface area contributed by atoms with Gasteiger partial charge in [0.2, 0.25) is 0 Å². The summed E-state index contributed by atoms with van der Waals surface area (Å²) in [4.78, 5) is 28.4. The Bertz CT molecular complexity index is 1380. The van der Waals surface area contributed by atoms with Gasteiger partial charge in [0.25, 0.3) is 11.7 Å². The molecule has 0 saturated carbocycles. The van der Waals surface area contributed by atoms with E-state index in [9.17, 15) is 14.7 Å². The Morgan fingerprint density at radius 2 is 1.68 bits per heavy atom. The van der Waals surface area contributed by atoms with Crippen molar-refractivity contribution < 1.29 is 19.4 Å². The number of carbonyl (C=O) groups excluding carboxylic acids is 2. The van der Waals surface area contributed by atoms with E-state index in [4.69, 9.17) is 16.3 Å². The summed E-state index contributed by atoms with van der Waals surface area (Å²) in [6, 6.07) is 19.1. The zero-order valence-corrected chi connectivity index (χ0v) is 22.8. The Morgan fingerprint density at radius 3 is 2.27 bits per heavy atom. The number of nitrogens with zero attached hydrogens (tertiary/aromatic N) is 1. The van der Waals surface area contributed by atoms with E-state index in [1.807, 2.05) is 45.0 Å². The number of amides is 1. The van der Waals surface area contributed by atoms with Crippen molar-refractivity contribution in [3.63, 3.8) is 0 Å². The lowest BCUT2D eigenvalue weighted by atomic mass is 9.85. The van der Waals surface area contributed by atoms with Crippen molar-refractivity contribution in [1.29, 1.82) is 0 Å². The fraction of sp³-hybridized carbons (Fsp3) is 0.290. The number of aliphatic hydroxyl groups excluding tert-OH is 1. The maximum Gasteiger partial charge on any atom is 0.300 e. The van der Waals surface area contributed by atoms with Crippen molar-refractivity contribution >= 4 is 34.7 Å². The van der Waals surface area contributed by atoms with E-state index >= 15 is 0 Å². The van der Waals surface area contributed by atoms with Crippen LogP contribution in [-0.4, -0.2) is 22.9 Å². The Morgan fingerprint density at radius 1 is 1.00 bits per heavy atom. The lowest BCUT2D eigenvalue weighted by molar-refractivity contribution is -0.132. The van der Waals surface area contributed by atoms with Gasteiger partial charge in [0.1, 0.15) is 11.5 Å². The molecule has 3 aromatic rings. The van der Waals surface area contributed by atoms with Gasteiger partial charge in [-0.05, 0) is 73.2 Å². The van der Waals surface area contributed by atoms with E-state index in [0.717, 1.165) is 16.7 Å². The molecule has 1 saturated heterocycles. The Labute approximate surface area is 223 Å². The number of carbonyl (C=O) groups is 2. The fourth-order valence-corrected chi connectivity index (χ4v) is 4.82. The molecule has 1 amide bonds. The topological polar surface area (TPSA) is 66.8 Å². The molecule has 1 atom stereocenters. The van der Waals surface area contributed by atoms with Crippen LogP contribution in [-0.2, 0) is 15.0 Å². The Hall–Kier alpha value is -3.57. The van der Waals surface area contributed by atoms with Crippen molar-refractivity contribution in [1.82, 2.24) is 0 Å². The van der Waals surface area contributed by atoms with Crippen LogP contribution in [0.15, 0.2) is 72.3 Å². The molecular formula is C31H32ClNO4. The fourth-order valence-electron chi connectivity index (χ4n) is 4.60. The van der Waals surface area contributed by atoms with E-state index in [0.29, 0.717) is 22.0 Å². The quantitative estimate of drug-likeness (QED) is 0.218. The third-order valence-corrected chi connectivity index (χ3v) is 6.67. The molecule has 0 bridgehead atoms. The summed E-state index contributed by atoms with van der Waals surface area (Å²) in [6.07, 6.45) is -0.0582. The first-order valence-corrected chi connectivity index (χ1v) is 12.7. The predicted octanol–water partition coefficient (Wildman–Crippen LogP) is 7.36. The average Bonchev–Trinajstić information content (AvgIpc) is 3.08. The summed E-state index contributed by atoms with van der Waals surface area (Å²) in [5.74, 6) is -1.13. The van der Waals surface area contributed by atoms with E-state index in [2.05, 4.69) is 20.8 Å². The number of rotatable bonds is 5. The van der Waals surface area contributed by atoms with Gasteiger partial charge in [0, 0.05) is 16.3 Å². The maximum absolute atomic E-state index is 13.5. The molecule has 3 aromatic carbocycles. The van der Waals surface area contributed by atoms with Crippen LogP contribution < -0.4 is 9.64 Å². The van der Waals surface area contributed by atoms with Crippen LogP contribution >= 0.6 is 11.6 Å². The molecule has 5 nitrogen and oxygen atoms in total. The molecule has 1 unspecified atom stereocenters. The molecule has 0 aliphatic carbocycles. The van der Waals surface area contributed by atoms with Gasteiger partial charge in [0.05, 0.1) is 17.7 Å². The molecule has 1 aliphatic heterocycles. The van der Waals surface area contributed by atoms with Crippen molar-refractivity contribution in [2.24, 2.45) is 0 Å². The summed E-state index contributed by atoms with van der Waals surface area (Å²) in [7, 11) is 0. The van der Waals surface area contributed by atoms with Crippen molar-refractivity contribution in [3.05, 3.63) is 99.6 Å². The second kappa shape index (κ2) is 10.1. The lowest BCUT2D eigenvalue weighted by Crippen LogP contribution is -2.30. The van der Waals surface area contributed by atoms with Crippen LogP contribution in [0.1, 0.15) is 62.9 Å². The normalized spacial score (nSPS) is 17.5. The third kappa shape index (κ3) is 5.28. The van der Waals surface area contributed by atoms with E-state index in [1.165, 1.54) is 4.90 Å². The zero-order chi connectivity index (χ0) is 27.1. The van der Waals surface area contributed by atoms with Crippen LogP contribution in [0.4, 0.5) is 5.69 Å². The molecular weight excluding hydrogens is 486 g/mol. The summed E-state index contributed by atoms with van der Waals surface area (Å²) in [5.41, 5.74) is 3.52. The second-order valence-corrected chi connectivity index (χ2v) is 11.1. The minimum Gasteiger partial charge on any atom is -0.507 e. The highest BCUT2D eigenvalue weighted by atomic mass is 35.5. The molecule has 4 rings (SSSR count). The van der Waals surface area contributed by atoms with Crippen molar-refractivity contribution in [2.45, 2.75) is 59.1 Å². The van der Waals surface area contributed by atoms with Crippen LogP contribution in [0, 0.1) is 6.92 Å². The van der Waals surface area contributed by atoms with Gasteiger partial charge < -0.3 is 9.84 Å². The van der Waals surface area contributed by atoms with Gasteiger partial charge >= 0.3 is 0 Å². The maximum atomic E-state index is 13.5. The number of aryl methyl sites for hydroxylation is 1. The molecule has 0 radical (unpaired) electrons. The van der Waals surface area contributed by atoms with Crippen molar-refractivity contribution in [2.75, 3.05) is 4.90 Å². The minimum absolute atomic E-state index is 0.0320. The predicted molar refractivity (Wildman–Crippen MR) is 148 cm³/mol. The Balaban J connectivity index is 1.93. The summed E-state index contributed by atoms with van der Waals surface area (Å²) in [6.45, 7) is 12.0. The standard InChI is InChI=1S/C31H32ClNO4/c1-18(2)37-24-9-7-8-21(17-24)28(34)26-27(20-10-12-22(13-11-20)31(4,5)6)33(30(36)29(26)35)25-15-14-23(32)16-19(25)3/h7-18,27,34H,1-6H3/b28-26+. The van der Waals surface area contributed by atoms with Crippen LogP contribution in [0.2, 0.25) is 5.02 Å². The smallest absolute Gasteiger partial charge is 0.300 e. The zero-order valence-electron chi connectivity index (χ0n) is 22.0.